The first-order chi connectivity index (χ1) is 6.11. The Bertz CT molecular complexity index is 199. The fourth-order valence-corrected chi connectivity index (χ4v) is 3.09. The number of hydrogen-bond donors (Lipinski definition) is 0. The maximum Gasteiger partial charge on any atom is 0.00895 e. The fourth-order valence-electron chi connectivity index (χ4n) is 3.09. The van der Waals surface area contributed by atoms with Gasteiger partial charge in [0.05, 0.1) is 0 Å². The molecule has 1 spiro atoms. The van der Waals surface area contributed by atoms with Crippen LogP contribution in [0.2, 0.25) is 0 Å². The van der Waals surface area contributed by atoms with Gasteiger partial charge in [-0.15, -0.1) is 0 Å². The van der Waals surface area contributed by atoms with Crippen molar-refractivity contribution in [1.29, 1.82) is 0 Å². The van der Waals surface area contributed by atoms with Crippen molar-refractivity contribution < 1.29 is 0 Å². The van der Waals surface area contributed by atoms with Crippen molar-refractivity contribution in [3.63, 3.8) is 0 Å². The van der Waals surface area contributed by atoms with Crippen molar-refractivity contribution in [2.45, 2.75) is 44.6 Å². The second-order valence-corrected chi connectivity index (χ2v) is 5.30. The largest absolute Gasteiger partial charge is 0.306 e. The lowest BCUT2D eigenvalue weighted by molar-refractivity contribution is 0.0823. The molecule has 0 amide bonds. The summed E-state index contributed by atoms with van der Waals surface area (Å²) in [6.07, 6.45) is 8.34. The standard InChI is InChI=1S/C12H21N/c1-10-8-12(9-10)6-4-11(5-7-12)13(2)3/h11H,1,4-9H2,2-3H3. The van der Waals surface area contributed by atoms with Gasteiger partial charge >= 0.3 is 0 Å². The van der Waals surface area contributed by atoms with Crippen molar-refractivity contribution in [2.75, 3.05) is 14.1 Å². The monoisotopic (exact) mass is 179 g/mol. The summed E-state index contributed by atoms with van der Waals surface area (Å²) in [6.45, 7) is 4.05. The van der Waals surface area contributed by atoms with E-state index in [0.717, 1.165) is 6.04 Å². The van der Waals surface area contributed by atoms with Gasteiger partial charge in [-0.25, -0.2) is 0 Å². The molecule has 0 aromatic carbocycles. The second-order valence-electron chi connectivity index (χ2n) is 5.30. The summed E-state index contributed by atoms with van der Waals surface area (Å²) in [5.41, 5.74) is 2.20. The first kappa shape index (κ1) is 9.26. The summed E-state index contributed by atoms with van der Waals surface area (Å²) in [4.78, 5) is 2.39. The molecule has 0 aromatic heterocycles. The van der Waals surface area contributed by atoms with Crippen molar-refractivity contribution in [3.05, 3.63) is 12.2 Å². The average molecular weight is 179 g/mol. The Kier molecular flexibility index (Phi) is 2.23. The van der Waals surface area contributed by atoms with Crippen LogP contribution in [0.3, 0.4) is 0 Å². The molecule has 2 fully saturated rings. The first-order valence-corrected chi connectivity index (χ1v) is 5.44. The van der Waals surface area contributed by atoms with Gasteiger partial charge < -0.3 is 4.90 Å². The second kappa shape index (κ2) is 3.13. The summed E-state index contributed by atoms with van der Waals surface area (Å²) in [5, 5.41) is 0. The quantitative estimate of drug-likeness (QED) is 0.559. The lowest BCUT2D eigenvalue weighted by Gasteiger charge is -2.49. The predicted octanol–water partition coefficient (Wildman–Crippen LogP) is 2.83. The van der Waals surface area contributed by atoms with Crippen LogP contribution in [-0.2, 0) is 0 Å². The minimum atomic E-state index is 0.712. The highest BCUT2D eigenvalue weighted by Gasteiger charge is 2.42. The molecule has 13 heavy (non-hydrogen) atoms. The number of allylic oxidation sites excluding steroid dienone is 1. The third-order valence-electron chi connectivity index (χ3n) is 4.00. The van der Waals surface area contributed by atoms with Gasteiger partial charge in [0.2, 0.25) is 0 Å². The van der Waals surface area contributed by atoms with E-state index in [0.29, 0.717) is 5.41 Å². The van der Waals surface area contributed by atoms with Gasteiger partial charge in [0.25, 0.3) is 0 Å². The molecule has 2 aliphatic rings. The van der Waals surface area contributed by atoms with E-state index in [9.17, 15) is 0 Å². The van der Waals surface area contributed by atoms with E-state index >= 15 is 0 Å². The zero-order valence-electron chi connectivity index (χ0n) is 8.97. The van der Waals surface area contributed by atoms with Crippen molar-refractivity contribution >= 4 is 0 Å². The molecule has 0 bridgehead atoms. The molecule has 0 aromatic rings. The summed E-state index contributed by atoms with van der Waals surface area (Å²) in [7, 11) is 4.42. The van der Waals surface area contributed by atoms with Crippen LogP contribution in [0.15, 0.2) is 12.2 Å². The van der Waals surface area contributed by atoms with Crippen LogP contribution < -0.4 is 0 Å². The molecular weight excluding hydrogens is 158 g/mol. The van der Waals surface area contributed by atoms with Crippen LogP contribution in [0.5, 0.6) is 0 Å². The summed E-state index contributed by atoms with van der Waals surface area (Å²) < 4.78 is 0. The molecule has 0 aliphatic heterocycles. The van der Waals surface area contributed by atoms with Gasteiger partial charge in [-0.1, -0.05) is 12.2 Å². The topological polar surface area (TPSA) is 3.24 Å². The summed E-state index contributed by atoms with van der Waals surface area (Å²) in [5.74, 6) is 0. The van der Waals surface area contributed by atoms with E-state index in [4.69, 9.17) is 0 Å². The first-order valence-electron chi connectivity index (χ1n) is 5.44. The Morgan fingerprint density at radius 3 is 2.15 bits per heavy atom. The van der Waals surface area contributed by atoms with Gasteiger partial charge in [-0.3, -0.25) is 0 Å². The SMILES string of the molecule is C=C1CC2(CCC(N(C)C)CC2)C1. The molecule has 0 unspecified atom stereocenters. The Balaban J connectivity index is 1.86. The van der Waals surface area contributed by atoms with Crippen molar-refractivity contribution in [2.24, 2.45) is 5.41 Å². The lowest BCUT2D eigenvalue weighted by Crippen LogP contribution is -2.41. The third kappa shape index (κ3) is 1.67. The fraction of sp³-hybridized carbons (Fsp3) is 0.833. The molecule has 2 saturated carbocycles. The number of nitrogens with zero attached hydrogens (tertiary/aromatic N) is 1. The Morgan fingerprint density at radius 1 is 1.23 bits per heavy atom. The van der Waals surface area contributed by atoms with Crippen LogP contribution in [0.4, 0.5) is 0 Å². The Morgan fingerprint density at radius 2 is 1.77 bits per heavy atom. The van der Waals surface area contributed by atoms with E-state index in [1.807, 2.05) is 0 Å². The Labute approximate surface area is 81.8 Å². The highest BCUT2D eigenvalue weighted by atomic mass is 15.1. The maximum atomic E-state index is 4.05. The molecule has 2 rings (SSSR count). The highest BCUT2D eigenvalue weighted by Crippen LogP contribution is 2.54. The van der Waals surface area contributed by atoms with Gasteiger partial charge in [0.15, 0.2) is 0 Å². The van der Waals surface area contributed by atoms with Crippen LogP contribution in [0, 0.1) is 5.41 Å². The zero-order chi connectivity index (χ0) is 9.47. The van der Waals surface area contributed by atoms with Gasteiger partial charge in [-0.2, -0.15) is 0 Å². The van der Waals surface area contributed by atoms with Crippen molar-refractivity contribution in [1.82, 2.24) is 4.90 Å². The van der Waals surface area contributed by atoms with Gasteiger partial charge in [0, 0.05) is 6.04 Å². The third-order valence-corrected chi connectivity index (χ3v) is 4.00. The van der Waals surface area contributed by atoms with E-state index in [-0.39, 0.29) is 0 Å². The molecule has 0 heterocycles. The van der Waals surface area contributed by atoms with Crippen LogP contribution in [0.25, 0.3) is 0 Å². The minimum absolute atomic E-state index is 0.712. The van der Waals surface area contributed by atoms with E-state index in [2.05, 4.69) is 25.6 Å². The van der Waals surface area contributed by atoms with E-state index < -0.39 is 0 Å². The minimum Gasteiger partial charge on any atom is -0.306 e. The van der Waals surface area contributed by atoms with E-state index in [1.54, 1.807) is 0 Å². The average Bonchev–Trinajstić information content (AvgIpc) is 2.03. The van der Waals surface area contributed by atoms with Crippen LogP contribution in [-0.4, -0.2) is 25.0 Å². The van der Waals surface area contributed by atoms with Crippen LogP contribution >= 0.6 is 0 Å². The summed E-state index contributed by atoms with van der Waals surface area (Å²) >= 11 is 0. The molecule has 1 nitrogen and oxygen atoms in total. The maximum absolute atomic E-state index is 4.05. The highest BCUT2D eigenvalue weighted by molar-refractivity contribution is 5.16. The summed E-state index contributed by atoms with van der Waals surface area (Å²) in [6, 6.07) is 0.847. The van der Waals surface area contributed by atoms with Crippen LogP contribution in [0.1, 0.15) is 38.5 Å². The molecule has 74 valence electrons. The van der Waals surface area contributed by atoms with E-state index in [1.165, 1.54) is 44.1 Å². The molecule has 2 aliphatic carbocycles. The zero-order valence-corrected chi connectivity index (χ0v) is 8.97. The van der Waals surface area contributed by atoms with Gasteiger partial charge in [-0.05, 0) is 58.0 Å². The molecule has 0 radical (unpaired) electrons. The Hall–Kier alpha value is -0.300. The lowest BCUT2D eigenvalue weighted by atomic mass is 9.58. The number of hydrogen-bond acceptors (Lipinski definition) is 1. The van der Waals surface area contributed by atoms with Gasteiger partial charge in [0.1, 0.15) is 0 Å². The molecular formula is C12H21N. The molecule has 0 N–H and O–H groups in total. The number of rotatable bonds is 1. The normalized spacial score (nSPS) is 28.1. The molecule has 0 atom stereocenters. The molecule has 1 heteroatoms. The van der Waals surface area contributed by atoms with Crippen molar-refractivity contribution in [3.8, 4) is 0 Å². The molecule has 0 saturated heterocycles. The predicted molar refractivity (Wildman–Crippen MR) is 56.8 cm³/mol. The smallest absolute Gasteiger partial charge is 0.00895 e.